The van der Waals surface area contributed by atoms with Crippen LogP contribution in [0.3, 0.4) is 0 Å². The van der Waals surface area contributed by atoms with Crippen molar-refractivity contribution in [2.24, 2.45) is 0 Å². The molecule has 1 aliphatic heterocycles. The number of methoxy groups -OCH3 is 1. The average molecular weight is 306 g/mol. The number of aromatic nitrogens is 1. The van der Waals surface area contributed by atoms with E-state index in [-0.39, 0.29) is 18.1 Å². The molecule has 0 aliphatic carbocycles. The van der Waals surface area contributed by atoms with E-state index in [4.69, 9.17) is 4.74 Å². The van der Waals surface area contributed by atoms with Crippen molar-refractivity contribution >= 4 is 16.9 Å². The van der Waals surface area contributed by atoms with Gasteiger partial charge >= 0.3 is 5.97 Å². The van der Waals surface area contributed by atoms with Crippen molar-refractivity contribution in [3.63, 3.8) is 0 Å². The smallest absolute Gasteiger partial charge is 0.323 e. The van der Waals surface area contributed by atoms with Gasteiger partial charge in [-0.25, -0.2) is 0 Å². The Kier molecular flexibility index (Phi) is 3.39. The van der Waals surface area contributed by atoms with Gasteiger partial charge in [0.15, 0.2) is 0 Å². The number of rotatable bonds is 2. The average Bonchev–Trinajstić information content (AvgIpc) is 2.99. The second-order valence-corrected chi connectivity index (χ2v) is 5.85. The predicted octanol–water partition coefficient (Wildman–Crippen LogP) is 2.94. The highest BCUT2D eigenvalue weighted by atomic mass is 16.5. The molecule has 4 nitrogen and oxygen atoms in total. The molecular weight excluding hydrogens is 288 g/mol. The second-order valence-electron chi connectivity index (χ2n) is 5.85. The summed E-state index contributed by atoms with van der Waals surface area (Å²) < 4.78 is 4.97. The standard InChI is InChI=1S/C19H18N2O2/c1-23-19(22)16-11-14-13-9-5-6-10-15(13)20-18(14)17(21-16)12-7-3-2-4-8-12/h2-10,16-17,20-21H,11H2,1H3/t16-,17+/m1/s1. The molecule has 0 radical (unpaired) electrons. The lowest BCUT2D eigenvalue weighted by Gasteiger charge is -2.30. The topological polar surface area (TPSA) is 54.1 Å². The van der Waals surface area contributed by atoms with Crippen molar-refractivity contribution in [2.45, 2.75) is 18.5 Å². The number of carbonyl (C=O) groups excluding carboxylic acids is 1. The molecule has 116 valence electrons. The van der Waals surface area contributed by atoms with Gasteiger partial charge in [0.25, 0.3) is 0 Å². The number of aromatic amines is 1. The molecule has 2 N–H and O–H groups in total. The third-order valence-electron chi connectivity index (χ3n) is 4.53. The molecule has 1 aromatic heterocycles. The van der Waals surface area contributed by atoms with Crippen LogP contribution in [0.25, 0.3) is 10.9 Å². The fourth-order valence-electron chi connectivity index (χ4n) is 3.44. The molecule has 2 aromatic carbocycles. The van der Waals surface area contributed by atoms with Crippen LogP contribution in [0.2, 0.25) is 0 Å². The van der Waals surface area contributed by atoms with E-state index in [9.17, 15) is 4.79 Å². The molecule has 0 unspecified atom stereocenters. The summed E-state index contributed by atoms with van der Waals surface area (Å²) in [5.41, 5.74) is 4.57. The van der Waals surface area contributed by atoms with E-state index < -0.39 is 0 Å². The first-order chi connectivity index (χ1) is 11.3. The molecular formula is C19H18N2O2. The van der Waals surface area contributed by atoms with Gasteiger partial charge in [0.1, 0.15) is 6.04 Å². The third-order valence-corrected chi connectivity index (χ3v) is 4.53. The summed E-state index contributed by atoms with van der Waals surface area (Å²) in [5.74, 6) is -0.220. The molecule has 1 aliphatic rings. The van der Waals surface area contributed by atoms with Gasteiger partial charge < -0.3 is 9.72 Å². The van der Waals surface area contributed by atoms with Crippen LogP contribution >= 0.6 is 0 Å². The Balaban J connectivity index is 1.88. The molecule has 23 heavy (non-hydrogen) atoms. The maximum Gasteiger partial charge on any atom is 0.323 e. The number of fused-ring (bicyclic) bond motifs is 3. The van der Waals surface area contributed by atoms with Crippen LogP contribution in [-0.2, 0) is 16.0 Å². The summed E-state index contributed by atoms with van der Waals surface area (Å²) >= 11 is 0. The molecule has 3 aromatic rings. The van der Waals surface area contributed by atoms with Crippen molar-refractivity contribution in [1.82, 2.24) is 10.3 Å². The van der Waals surface area contributed by atoms with Gasteiger partial charge in [0.2, 0.25) is 0 Å². The molecule has 0 amide bonds. The number of H-pyrrole nitrogens is 1. The van der Waals surface area contributed by atoms with Gasteiger partial charge in [-0.3, -0.25) is 10.1 Å². The predicted molar refractivity (Wildman–Crippen MR) is 89.2 cm³/mol. The van der Waals surface area contributed by atoms with Gasteiger partial charge in [-0.1, -0.05) is 48.5 Å². The molecule has 0 fully saturated rings. The summed E-state index contributed by atoms with van der Waals surface area (Å²) in [7, 11) is 1.44. The van der Waals surface area contributed by atoms with E-state index >= 15 is 0 Å². The van der Waals surface area contributed by atoms with E-state index in [2.05, 4.69) is 34.6 Å². The van der Waals surface area contributed by atoms with Crippen LogP contribution < -0.4 is 5.32 Å². The van der Waals surface area contributed by atoms with Crippen LogP contribution in [0.1, 0.15) is 22.9 Å². The number of para-hydroxylation sites is 1. The molecule has 0 saturated heterocycles. The molecule has 4 rings (SSSR count). The molecule has 2 heterocycles. The van der Waals surface area contributed by atoms with Crippen molar-refractivity contribution in [1.29, 1.82) is 0 Å². The normalized spacial score (nSPS) is 20.2. The number of benzene rings is 2. The molecule has 0 bridgehead atoms. The van der Waals surface area contributed by atoms with Crippen molar-refractivity contribution in [3.8, 4) is 0 Å². The van der Waals surface area contributed by atoms with Crippen molar-refractivity contribution < 1.29 is 9.53 Å². The Morgan fingerprint density at radius 2 is 1.83 bits per heavy atom. The highest BCUT2D eigenvalue weighted by Gasteiger charge is 2.34. The summed E-state index contributed by atoms with van der Waals surface area (Å²) in [6.45, 7) is 0. The van der Waals surface area contributed by atoms with E-state index in [1.54, 1.807) is 0 Å². The highest BCUT2D eigenvalue weighted by molar-refractivity contribution is 5.87. The Labute approximate surface area is 134 Å². The Hall–Kier alpha value is -2.59. The summed E-state index contributed by atoms with van der Waals surface area (Å²) in [6.07, 6.45) is 0.634. The van der Waals surface area contributed by atoms with E-state index in [0.29, 0.717) is 6.42 Å². The monoisotopic (exact) mass is 306 g/mol. The largest absolute Gasteiger partial charge is 0.468 e. The SMILES string of the molecule is COC(=O)[C@H]1Cc2c([nH]c3ccccc23)[C@H](c2ccccc2)N1. The quantitative estimate of drug-likeness (QED) is 0.716. The number of carbonyl (C=O) groups is 1. The minimum atomic E-state index is -0.336. The first-order valence-corrected chi connectivity index (χ1v) is 7.76. The van der Waals surface area contributed by atoms with Gasteiger partial charge in [0.05, 0.1) is 13.2 Å². The van der Waals surface area contributed by atoms with E-state index in [0.717, 1.165) is 16.8 Å². The van der Waals surface area contributed by atoms with Gasteiger partial charge in [0, 0.05) is 23.0 Å². The fraction of sp³-hybridized carbons (Fsp3) is 0.211. The number of esters is 1. The van der Waals surface area contributed by atoms with Crippen LogP contribution in [-0.4, -0.2) is 24.1 Å². The summed E-state index contributed by atoms with van der Waals surface area (Å²) in [4.78, 5) is 15.6. The lowest BCUT2D eigenvalue weighted by atomic mass is 9.90. The molecule has 4 heteroatoms. The second kappa shape index (κ2) is 5.56. The van der Waals surface area contributed by atoms with E-state index in [1.807, 2.05) is 30.3 Å². The summed E-state index contributed by atoms with van der Waals surface area (Å²) in [6, 6.07) is 18.0. The fourth-order valence-corrected chi connectivity index (χ4v) is 3.44. The van der Waals surface area contributed by atoms with Gasteiger partial charge in [-0.15, -0.1) is 0 Å². The van der Waals surface area contributed by atoms with Crippen LogP contribution in [0.4, 0.5) is 0 Å². The van der Waals surface area contributed by atoms with Crippen molar-refractivity contribution in [2.75, 3.05) is 7.11 Å². The van der Waals surface area contributed by atoms with Gasteiger partial charge in [-0.2, -0.15) is 0 Å². The third kappa shape index (κ3) is 2.32. The molecule has 0 saturated carbocycles. The number of hydrogen-bond acceptors (Lipinski definition) is 3. The van der Waals surface area contributed by atoms with Crippen LogP contribution in [0.15, 0.2) is 54.6 Å². The van der Waals surface area contributed by atoms with Gasteiger partial charge in [-0.05, 0) is 17.2 Å². The van der Waals surface area contributed by atoms with Crippen LogP contribution in [0, 0.1) is 0 Å². The maximum absolute atomic E-state index is 12.1. The minimum absolute atomic E-state index is 0.0450. The number of ether oxygens (including phenoxy) is 1. The first-order valence-electron chi connectivity index (χ1n) is 7.76. The molecule has 0 spiro atoms. The zero-order chi connectivity index (χ0) is 15.8. The molecule has 2 atom stereocenters. The lowest BCUT2D eigenvalue weighted by Crippen LogP contribution is -2.45. The summed E-state index contributed by atoms with van der Waals surface area (Å²) in [5, 5.41) is 4.61. The first kappa shape index (κ1) is 14.0. The number of hydrogen-bond donors (Lipinski definition) is 2. The Bertz CT molecular complexity index is 854. The van der Waals surface area contributed by atoms with E-state index in [1.165, 1.54) is 18.1 Å². The zero-order valence-corrected chi connectivity index (χ0v) is 12.9. The van der Waals surface area contributed by atoms with Crippen LogP contribution in [0.5, 0.6) is 0 Å². The maximum atomic E-state index is 12.1. The zero-order valence-electron chi connectivity index (χ0n) is 12.9. The Morgan fingerprint density at radius 3 is 2.61 bits per heavy atom. The Morgan fingerprint density at radius 1 is 1.09 bits per heavy atom. The lowest BCUT2D eigenvalue weighted by molar-refractivity contribution is -0.143. The van der Waals surface area contributed by atoms with Crippen molar-refractivity contribution in [3.05, 3.63) is 71.4 Å². The number of nitrogens with one attached hydrogen (secondary N) is 2. The highest BCUT2D eigenvalue weighted by Crippen LogP contribution is 2.35. The minimum Gasteiger partial charge on any atom is -0.468 e.